The van der Waals surface area contributed by atoms with Crippen LogP contribution in [0.4, 0.5) is 0 Å². The van der Waals surface area contributed by atoms with Crippen LogP contribution in [0.2, 0.25) is 0 Å². The maximum atomic E-state index is 14.1. The van der Waals surface area contributed by atoms with Crippen molar-refractivity contribution in [1.82, 2.24) is 25.8 Å². The molecule has 3 N–H and O–H groups in total. The largest absolute Gasteiger partial charge is 0.379 e. The fourth-order valence-electron chi connectivity index (χ4n) is 7.51. The predicted molar refractivity (Wildman–Crippen MR) is 192 cm³/mol. The number of hydrogen-bond donors (Lipinski definition) is 3. The van der Waals surface area contributed by atoms with E-state index in [9.17, 15) is 19.2 Å². The second kappa shape index (κ2) is 20.0. The van der Waals surface area contributed by atoms with E-state index in [-0.39, 0.29) is 59.8 Å². The van der Waals surface area contributed by atoms with Crippen molar-refractivity contribution in [3.05, 3.63) is 36.5 Å². The van der Waals surface area contributed by atoms with Crippen LogP contribution < -0.4 is 16.0 Å². The molecule has 2 aliphatic heterocycles. The van der Waals surface area contributed by atoms with Gasteiger partial charge in [-0.2, -0.15) is 0 Å². The van der Waals surface area contributed by atoms with Gasteiger partial charge in [0.25, 0.3) is 0 Å². The van der Waals surface area contributed by atoms with E-state index in [1.165, 1.54) is 0 Å². The average Bonchev–Trinajstić information content (AvgIpc) is 3.75. The summed E-state index contributed by atoms with van der Waals surface area (Å²) >= 11 is 0. The lowest BCUT2D eigenvalue weighted by Crippen LogP contribution is -2.58. The smallest absolute Gasteiger partial charge is 0.245 e. The third-order valence-corrected chi connectivity index (χ3v) is 10.7. The topological polar surface area (TPSA) is 129 Å². The summed E-state index contributed by atoms with van der Waals surface area (Å²) in [6.07, 6.45) is 15.2. The molecule has 49 heavy (non-hydrogen) atoms. The van der Waals surface area contributed by atoms with Gasteiger partial charge in [-0.3, -0.25) is 19.2 Å². The van der Waals surface area contributed by atoms with Crippen LogP contribution in [0.15, 0.2) is 36.5 Å². The highest BCUT2D eigenvalue weighted by Crippen LogP contribution is 2.29. The summed E-state index contributed by atoms with van der Waals surface area (Å²) in [5, 5.41) is 9.32. The van der Waals surface area contributed by atoms with Gasteiger partial charge in [0.1, 0.15) is 6.04 Å². The molecule has 2 heterocycles. The molecule has 0 aromatic rings. The second-order valence-corrected chi connectivity index (χ2v) is 14.4. The van der Waals surface area contributed by atoms with Crippen molar-refractivity contribution in [2.75, 3.05) is 47.4 Å². The van der Waals surface area contributed by atoms with E-state index in [0.29, 0.717) is 19.6 Å². The predicted octanol–water partition coefficient (Wildman–Crippen LogP) is 3.46. The van der Waals surface area contributed by atoms with Gasteiger partial charge in [0.2, 0.25) is 23.6 Å². The highest BCUT2D eigenvalue weighted by Gasteiger charge is 2.43. The summed E-state index contributed by atoms with van der Waals surface area (Å²) in [4.78, 5) is 57.9. The number of amides is 4. The zero-order valence-electron chi connectivity index (χ0n) is 31.2. The van der Waals surface area contributed by atoms with E-state index < -0.39 is 30.2 Å². The van der Waals surface area contributed by atoms with E-state index in [4.69, 9.17) is 9.47 Å². The Labute approximate surface area is 294 Å². The highest BCUT2D eigenvalue weighted by atomic mass is 16.5. The summed E-state index contributed by atoms with van der Waals surface area (Å²) in [6.45, 7) is 12.4. The van der Waals surface area contributed by atoms with Gasteiger partial charge < -0.3 is 35.2 Å². The van der Waals surface area contributed by atoms with E-state index in [2.05, 4.69) is 41.9 Å². The number of hydrogen-bond acceptors (Lipinski definition) is 7. The number of carbonyl (C=O) groups excluding carboxylic acids is 4. The lowest BCUT2D eigenvalue weighted by Gasteiger charge is -2.41. The van der Waals surface area contributed by atoms with Crippen LogP contribution in [-0.2, 0) is 28.7 Å². The number of rotatable bonds is 18. The molecular formula is C38H63N5O6. The van der Waals surface area contributed by atoms with Crippen molar-refractivity contribution in [2.45, 2.75) is 103 Å². The number of carbonyl (C=O) groups is 4. The zero-order valence-corrected chi connectivity index (χ0v) is 31.2. The molecule has 3 rings (SSSR count). The fraction of sp³-hybridized carbons (Fsp3) is 0.737. The van der Waals surface area contributed by atoms with Crippen molar-refractivity contribution in [3.63, 3.8) is 0 Å². The number of allylic oxidation sites excluding steroid dienone is 6. The normalized spacial score (nSPS) is 23.1. The number of likely N-dealkylation sites (N-methyl/N-ethyl adjacent to an activating group) is 1. The molecule has 4 amide bonds. The van der Waals surface area contributed by atoms with Crippen molar-refractivity contribution in [1.29, 1.82) is 0 Å². The third kappa shape index (κ3) is 11.0. The molecule has 0 bridgehead atoms. The first kappa shape index (κ1) is 40.4. The summed E-state index contributed by atoms with van der Waals surface area (Å²) in [5.74, 6) is -0.893. The lowest BCUT2D eigenvalue weighted by molar-refractivity contribution is -0.147. The van der Waals surface area contributed by atoms with Gasteiger partial charge in [0, 0.05) is 40.9 Å². The van der Waals surface area contributed by atoms with Gasteiger partial charge >= 0.3 is 0 Å². The molecule has 0 aromatic heterocycles. The molecule has 276 valence electrons. The lowest BCUT2D eigenvalue weighted by atomic mass is 9.89. The second-order valence-electron chi connectivity index (χ2n) is 14.4. The SMILES string of the molecule is CC[C@H](C)[C@@H]([C@@H](CC(=O)N1CCC[C@H]1[C@H](OC)[C@@H](C)C(=O)NCCC1C=CC=CC=C1)OC)N(C)C(=O)[C@@H](NC(=O)C1CCNC1)C(C)C. The van der Waals surface area contributed by atoms with Crippen LogP contribution in [0.25, 0.3) is 0 Å². The number of methoxy groups -OCH3 is 2. The molecule has 2 saturated heterocycles. The summed E-state index contributed by atoms with van der Waals surface area (Å²) in [7, 11) is 4.95. The van der Waals surface area contributed by atoms with Crippen molar-refractivity contribution < 1.29 is 28.7 Å². The van der Waals surface area contributed by atoms with Crippen molar-refractivity contribution in [3.8, 4) is 0 Å². The van der Waals surface area contributed by atoms with E-state index >= 15 is 0 Å². The third-order valence-electron chi connectivity index (χ3n) is 10.7. The van der Waals surface area contributed by atoms with Gasteiger partial charge in [0.15, 0.2) is 0 Å². The Kier molecular flexibility index (Phi) is 16.5. The Bertz CT molecular complexity index is 1170. The Morgan fingerprint density at radius 1 is 1.00 bits per heavy atom. The molecule has 0 spiro atoms. The Morgan fingerprint density at radius 3 is 2.27 bits per heavy atom. The molecule has 0 radical (unpaired) electrons. The number of likely N-dealkylation sites (tertiary alicyclic amines) is 1. The monoisotopic (exact) mass is 685 g/mol. The molecule has 0 aromatic carbocycles. The first-order valence-corrected chi connectivity index (χ1v) is 18.4. The van der Waals surface area contributed by atoms with Gasteiger partial charge in [-0.05, 0) is 50.0 Å². The van der Waals surface area contributed by atoms with Crippen LogP contribution >= 0.6 is 0 Å². The van der Waals surface area contributed by atoms with Crippen LogP contribution in [-0.4, -0.2) is 111 Å². The maximum absolute atomic E-state index is 14.1. The van der Waals surface area contributed by atoms with E-state index in [0.717, 1.165) is 38.6 Å². The Hall–Kier alpha value is -3.02. The standard InChI is InChI=1S/C38H63N5O6/c1-9-26(4)34(42(6)38(47)33(25(2)3)41-37(46)29-19-20-39-24-29)31(48-7)23-32(44)43-22-14-17-30(43)35(49-8)27(5)36(45)40-21-18-28-15-12-10-11-13-16-28/h10-13,15-16,25-31,33-35,39H,9,14,17-24H2,1-8H3,(H,40,45)(H,41,46)/t26-,27+,29?,30-,31+,33-,34-,35+/m0/s1. The van der Waals surface area contributed by atoms with Crippen molar-refractivity contribution in [2.24, 2.45) is 29.6 Å². The molecule has 11 nitrogen and oxygen atoms in total. The van der Waals surface area contributed by atoms with Crippen molar-refractivity contribution >= 4 is 23.6 Å². The van der Waals surface area contributed by atoms with E-state index in [1.807, 2.05) is 50.0 Å². The summed E-state index contributed by atoms with van der Waals surface area (Å²) < 4.78 is 11.9. The molecule has 2 fully saturated rings. The minimum Gasteiger partial charge on any atom is -0.379 e. The summed E-state index contributed by atoms with van der Waals surface area (Å²) in [6, 6.07) is -1.33. The quantitative estimate of drug-likeness (QED) is 0.202. The molecule has 1 unspecified atom stereocenters. The Balaban J connectivity index is 1.68. The minimum atomic E-state index is -0.687. The van der Waals surface area contributed by atoms with Crippen LogP contribution in [0, 0.1) is 29.6 Å². The fourth-order valence-corrected chi connectivity index (χ4v) is 7.51. The van der Waals surface area contributed by atoms with Crippen LogP contribution in [0.3, 0.4) is 0 Å². The average molecular weight is 686 g/mol. The molecule has 1 aliphatic carbocycles. The maximum Gasteiger partial charge on any atom is 0.245 e. The zero-order chi connectivity index (χ0) is 36.1. The Morgan fingerprint density at radius 2 is 1.69 bits per heavy atom. The van der Waals surface area contributed by atoms with Gasteiger partial charge in [0.05, 0.1) is 42.5 Å². The highest BCUT2D eigenvalue weighted by molar-refractivity contribution is 5.89. The van der Waals surface area contributed by atoms with Gasteiger partial charge in [-0.15, -0.1) is 0 Å². The van der Waals surface area contributed by atoms with E-state index in [1.54, 1.807) is 26.2 Å². The molecule has 0 saturated carbocycles. The molecular weight excluding hydrogens is 622 g/mol. The molecule has 3 aliphatic rings. The number of ether oxygens (including phenoxy) is 2. The van der Waals surface area contributed by atoms with Gasteiger partial charge in [-0.25, -0.2) is 0 Å². The minimum absolute atomic E-state index is 0.0271. The number of nitrogens with zero attached hydrogens (tertiary/aromatic N) is 2. The number of nitrogens with one attached hydrogen (secondary N) is 3. The molecule has 11 heteroatoms. The molecule has 8 atom stereocenters. The van der Waals surface area contributed by atoms with Crippen LogP contribution in [0.1, 0.15) is 73.1 Å². The summed E-state index contributed by atoms with van der Waals surface area (Å²) in [5.41, 5.74) is 0. The first-order chi connectivity index (χ1) is 23.4. The van der Waals surface area contributed by atoms with Crippen LogP contribution in [0.5, 0.6) is 0 Å². The first-order valence-electron chi connectivity index (χ1n) is 18.4. The van der Waals surface area contributed by atoms with Gasteiger partial charge in [-0.1, -0.05) is 77.5 Å².